The average molecular weight is 464 g/mol. The monoisotopic (exact) mass is 463 g/mol. The molecule has 1 amide bonds. The third kappa shape index (κ3) is 4.09. The van der Waals surface area contributed by atoms with Crippen molar-refractivity contribution < 1.29 is 9.18 Å². The Morgan fingerprint density at radius 1 is 1.10 bits per heavy atom. The Balaban J connectivity index is 1.66. The fourth-order valence-corrected chi connectivity index (χ4v) is 4.84. The van der Waals surface area contributed by atoms with E-state index in [9.17, 15) is 18.8 Å². The third-order valence-corrected chi connectivity index (χ3v) is 6.65. The standard InChI is InChI=1S/C20H15ClFN3O3S2/c21-14-10-12(22)3-4-15(14)23-17(26)11-25-16-6-9-30-18(16)19(27)24(20(25)28)7-5-13-2-1-8-29-13/h1-4,6,8-10H,5,7,11H2,(H,23,26). The van der Waals surface area contributed by atoms with Crippen LogP contribution in [-0.2, 0) is 24.3 Å². The molecule has 0 fully saturated rings. The predicted molar refractivity (Wildman–Crippen MR) is 118 cm³/mol. The van der Waals surface area contributed by atoms with Crippen molar-refractivity contribution in [2.24, 2.45) is 0 Å². The molecule has 0 spiro atoms. The molecule has 154 valence electrons. The summed E-state index contributed by atoms with van der Waals surface area (Å²) in [6, 6.07) is 9.11. The van der Waals surface area contributed by atoms with Crippen LogP contribution in [0, 0.1) is 5.82 Å². The number of nitrogens with one attached hydrogen (secondary N) is 1. The van der Waals surface area contributed by atoms with Crippen LogP contribution < -0.4 is 16.6 Å². The minimum Gasteiger partial charge on any atom is -0.323 e. The van der Waals surface area contributed by atoms with Gasteiger partial charge in [-0.2, -0.15) is 0 Å². The van der Waals surface area contributed by atoms with Gasteiger partial charge in [-0.3, -0.25) is 18.7 Å². The van der Waals surface area contributed by atoms with E-state index in [1.54, 1.807) is 22.8 Å². The molecular weight excluding hydrogens is 449 g/mol. The molecule has 0 radical (unpaired) electrons. The van der Waals surface area contributed by atoms with Crippen LogP contribution in [0.25, 0.3) is 10.2 Å². The lowest BCUT2D eigenvalue weighted by atomic mass is 10.3. The molecule has 0 aliphatic heterocycles. The van der Waals surface area contributed by atoms with Crippen LogP contribution in [-0.4, -0.2) is 15.0 Å². The topological polar surface area (TPSA) is 73.1 Å². The summed E-state index contributed by atoms with van der Waals surface area (Å²) in [7, 11) is 0. The second-order valence-corrected chi connectivity index (χ2v) is 8.82. The van der Waals surface area contributed by atoms with Gasteiger partial charge in [-0.25, -0.2) is 9.18 Å². The number of fused-ring (bicyclic) bond motifs is 1. The largest absolute Gasteiger partial charge is 0.332 e. The molecule has 4 aromatic rings. The number of anilines is 1. The van der Waals surface area contributed by atoms with Gasteiger partial charge in [0.15, 0.2) is 0 Å². The molecule has 0 saturated carbocycles. The summed E-state index contributed by atoms with van der Waals surface area (Å²) in [5, 5.41) is 6.27. The lowest BCUT2D eigenvalue weighted by Gasteiger charge is -2.13. The first-order valence-corrected chi connectivity index (χ1v) is 11.1. The van der Waals surface area contributed by atoms with E-state index in [4.69, 9.17) is 11.6 Å². The van der Waals surface area contributed by atoms with Crippen molar-refractivity contribution in [3.8, 4) is 0 Å². The van der Waals surface area contributed by atoms with Crippen molar-refractivity contribution in [1.29, 1.82) is 0 Å². The molecule has 30 heavy (non-hydrogen) atoms. The Morgan fingerprint density at radius 3 is 2.67 bits per heavy atom. The van der Waals surface area contributed by atoms with E-state index in [1.807, 2.05) is 17.5 Å². The van der Waals surface area contributed by atoms with Crippen molar-refractivity contribution in [2.75, 3.05) is 5.32 Å². The maximum atomic E-state index is 13.2. The number of amides is 1. The van der Waals surface area contributed by atoms with Crippen LogP contribution in [0.3, 0.4) is 0 Å². The van der Waals surface area contributed by atoms with Gasteiger partial charge in [-0.05, 0) is 47.5 Å². The van der Waals surface area contributed by atoms with Crippen molar-refractivity contribution in [3.63, 3.8) is 0 Å². The van der Waals surface area contributed by atoms with Crippen molar-refractivity contribution in [2.45, 2.75) is 19.5 Å². The van der Waals surface area contributed by atoms with Crippen LogP contribution in [0.4, 0.5) is 10.1 Å². The lowest BCUT2D eigenvalue weighted by molar-refractivity contribution is -0.116. The SMILES string of the molecule is O=C(Cn1c(=O)n(CCc2cccs2)c(=O)c2sccc21)Nc1ccc(F)cc1Cl. The Hall–Kier alpha value is -2.75. The number of halogens is 2. The average Bonchev–Trinajstić information content (AvgIpc) is 3.39. The van der Waals surface area contributed by atoms with Crippen LogP contribution >= 0.6 is 34.3 Å². The van der Waals surface area contributed by atoms with E-state index in [1.165, 1.54) is 28.0 Å². The Morgan fingerprint density at radius 2 is 1.93 bits per heavy atom. The van der Waals surface area contributed by atoms with Gasteiger partial charge in [0.1, 0.15) is 17.1 Å². The molecule has 0 atom stereocenters. The Bertz CT molecular complexity index is 1340. The fraction of sp³-hybridized carbons (Fsp3) is 0.150. The zero-order valence-electron chi connectivity index (χ0n) is 15.4. The van der Waals surface area contributed by atoms with E-state index < -0.39 is 17.4 Å². The third-order valence-electron chi connectivity index (χ3n) is 4.51. The van der Waals surface area contributed by atoms with Crippen LogP contribution in [0.15, 0.2) is 56.7 Å². The normalized spacial score (nSPS) is 11.1. The van der Waals surface area contributed by atoms with Crippen molar-refractivity contribution in [1.82, 2.24) is 9.13 Å². The Kier molecular flexibility index (Phi) is 5.85. The zero-order valence-corrected chi connectivity index (χ0v) is 17.8. The molecule has 3 aromatic heterocycles. The van der Waals surface area contributed by atoms with Gasteiger partial charge in [0.2, 0.25) is 5.91 Å². The predicted octanol–water partition coefficient (Wildman–Crippen LogP) is 3.96. The molecule has 0 unspecified atom stereocenters. The molecule has 4 rings (SSSR count). The van der Waals surface area contributed by atoms with Gasteiger partial charge in [-0.1, -0.05) is 17.7 Å². The van der Waals surface area contributed by atoms with E-state index in [0.29, 0.717) is 16.6 Å². The summed E-state index contributed by atoms with van der Waals surface area (Å²) in [6.45, 7) is -0.0868. The van der Waals surface area contributed by atoms with Crippen LogP contribution in [0.1, 0.15) is 4.88 Å². The van der Waals surface area contributed by atoms with E-state index in [0.717, 1.165) is 15.5 Å². The summed E-state index contributed by atoms with van der Waals surface area (Å²) in [4.78, 5) is 39.5. The van der Waals surface area contributed by atoms with Crippen LogP contribution in [0.5, 0.6) is 0 Å². The second-order valence-electron chi connectivity index (χ2n) is 6.46. The number of benzene rings is 1. The number of carbonyl (C=O) groups excluding carboxylic acids is 1. The summed E-state index contributed by atoms with van der Waals surface area (Å²) in [5.41, 5.74) is -0.269. The number of aromatic nitrogens is 2. The van der Waals surface area contributed by atoms with E-state index >= 15 is 0 Å². The number of rotatable bonds is 6. The van der Waals surface area contributed by atoms with Gasteiger partial charge < -0.3 is 5.32 Å². The first-order chi connectivity index (χ1) is 14.4. The van der Waals surface area contributed by atoms with Crippen molar-refractivity contribution >= 4 is 56.1 Å². The molecule has 6 nitrogen and oxygen atoms in total. The van der Waals surface area contributed by atoms with Gasteiger partial charge in [-0.15, -0.1) is 22.7 Å². The number of nitrogens with zero attached hydrogens (tertiary/aromatic N) is 2. The van der Waals surface area contributed by atoms with Gasteiger partial charge in [0, 0.05) is 11.4 Å². The minimum absolute atomic E-state index is 0.0531. The molecule has 0 bridgehead atoms. The summed E-state index contributed by atoms with van der Waals surface area (Å²) < 4.78 is 16.1. The van der Waals surface area contributed by atoms with Crippen molar-refractivity contribution in [3.05, 3.63) is 83.7 Å². The quantitative estimate of drug-likeness (QED) is 0.470. The summed E-state index contributed by atoms with van der Waals surface area (Å²) in [6.07, 6.45) is 0.543. The number of thiophene rings is 2. The smallest absolute Gasteiger partial charge is 0.323 e. The fourth-order valence-electron chi connectivity index (χ4n) is 3.08. The molecule has 3 heterocycles. The first-order valence-electron chi connectivity index (χ1n) is 8.92. The Labute approximate surface area is 182 Å². The van der Waals surface area contributed by atoms with Gasteiger partial charge in [0.25, 0.3) is 5.56 Å². The number of aryl methyl sites for hydroxylation is 1. The number of hydrogen-bond acceptors (Lipinski definition) is 5. The summed E-state index contributed by atoms with van der Waals surface area (Å²) >= 11 is 8.73. The van der Waals surface area contributed by atoms with Gasteiger partial charge >= 0.3 is 5.69 Å². The highest BCUT2D eigenvalue weighted by molar-refractivity contribution is 7.17. The molecule has 1 aromatic carbocycles. The van der Waals surface area contributed by atoms with Gasteiger partial charge in [0.05, 0.1) is 16.2 Å². The highest BCUT2D eigenvalue weighted by atomic mass is 35.5. The molecular formula is C20H15ClFN3O3S2. The molecule has 10 heteroatoms. The van der Waals surface area contributed by atoms with Crippen LogP contribution in [0.2, 0.25) is 5.02 Å². The first kappa shape index (κ1) is 20.5. The maximum absolute atomic E-state index is 13.2. The van der Waals surface area contributed by atoms with E-state index in [-0.39, 0.29) is 29.4 Å². The minimum atomic E-state index is -0.553. The highest BCUT2D eigenvalue weighted by Gasteiger charge is 2.17. The zero-order chi connectivity index (χ0) is 21.3. The molecule has 0 saturated heterocycles. The lowest BCUT2D eigenvalue weighted by Crippen LogP contribution is -2.41. The molecule has 0 aliphatic carbocycles. The second kappa shape index (κ2) is 8.55. The maximum Gasteiger partial charge on any atom is 0.332 e. The number of hydrogen-bond donors (Lipinski definition) is 1. The molecule has 0 aliphatic rings. The number of carbonyl (C=O) groups is 1. The molecule has 1 N–H and O–H groups in total. The van der Waals surface area contributed by atoms with E-state index in [2.05, 4.69) is 5.32 Å². The highest BCUT2D eigenvalue weighted by Crippen LogP contribution is 2.22. The summed E-state index contributed by atoms with van der Waals surface area (Å²) in [5.74, 6) is -1.03.